The Balaban J connectivity index is 1.75. The van der Waals surface area contributed by atoms with Crippen LogP contribution in [-0.2, 0) is 0 Å². The molecule has 31 heavy (non-hydrogen) atoms. The van der Waals surface area contributed by atoms with E-state index in [0.717, 1.165) is 56.4 Å². The van der Waals surface area contributed by atoms with E-state index in [1.807, 2.05) is 54.6 Å². The van der Waals surface area contributed by atoms with Gasteiger partial charge in [-0.3, -0.25) is 0 Å². The first-order chi connectivity index (χ1) is 15.2. The van der Waals surface area contributed by atoms with Crippen molar-refractivity contribution < 1.29 is 9.40 Å². The van der Waals surface area contributed by atoms with Crippen LogP contribution in [0, 0.1) is 6.92 Å². The van der Waals surface area contributed by atoms with Gasteiger partial charge in [0, 0.05) is 16.8 Å². The Morgan fingerprint density at radius 3 is 2.03 bits per heavy atom. The highest BCUT2D eigenvalue weighted by molar-refractivity contribution is 5.84. The second-order valence-corrected chi connectivity index (χ2v) is 7.62. The average molecular weight is 404 g/mol. The van der Waals surface area contributed by atoms with Gasteiger partial charge in [0.1, 0.15) is 0 Å². The zero-order valence-electron chi connectivity index (χ0n) is 17.3. The summed E-state index contributed by atoms with van der Waals surface area (Å²) in [4.78, 5) is 3.57. The minimum atomic E-state index is 0.721. The molecule has 5 rings (SSSR count). The van der Waals surface area contributed by atoms with Gasteiger partial charge in [-0.05, 0) is 48.4 Å². The first kappa shape index (κ1) is 18.9. The summed E-state index contributed by atoms with van der Waals surface area (Å²) >= 11 is 0. The lowest BCUT2D eigenvalue weighted by Crippen LogP contribution is -2.06. The molecule has 3 nitrogen and oxygen atoms in total. The molecule has 150 valence electrons. The van der Waals surface area contributed by atoms with Gasteiger partial charge in [-0.1, -0.05) is 72.8 Å². The van der Waals surface area contributed by atoms with Crippen LogP contribution in [0.25, 0.3) is 45.2 Å². The smallest absolute Gasteiger partial charge is 0.380 e. The van der Waals surface area contributed by atoms with Crippen molar-refractivity contribution in [2.75, 3.05) is 5.73 Å². The molecular formula is C28H23N2O+. The fraction of sp³-hybridized carbons (Fsp3) is 0.0357. The van der Waals surface area contributed by atoms with Crippen molar-refractivity contribution >= 4 is 5.69 Å². The van der Waals surface area contributed by atoms with E-state index in [9.17, 15) is 0 Å². The molecule has 0 spiro atoms. The number of H-pyrrole nitrogens is 1. The van der Waals surface area contributed by atoms with E-state index in [2.05, 4.69) is 60.4 Å². The summed E-state index contributed by atoms with van der Waals surface area (Å²) in [5, 5.41) is 0. The number of aryl methyl sites for hydroxylation is 1. The highest BCUT2D eigenvalue weighted by Gasteiger charge is 2.27. The Labute approximate surface area is 181 Å². The summed E-state index contributed by atoms with van der Waals surface area (Å²) in [6.45, 7) is 2.11. The van der Waals surface area contributed by atoms with Crippen LogP contribution in [0.5, 0.6) is 0 Å². The minimum Gasteiger partial charge on any atom is -0.399 e. The molecule has 0 atom stereocenters. The third kappa shape index (κ3) is 3.62. The third-order valence-corrected chi connectivity index (χ3v) is 5.46. The van der Waals surface area contributed by atoms with E-state index < -0.39 is 0 Å². The van der Waals surface area contributed by atoms with Gasteiger partial charge < -0.3 is 10.2 Å². The number of aromatic amines is 1. The SMILES string of the molecule is Cc1cccc(-c2[nH+]c(-c3ccccc3)c(-c3ccccc3)o2)c1-c1cccc(N)c1. The Morgan fingerprint density at radius 2 is 1.32 bits per heavy atom. The molecule has 0 bridgehead atoms. The van der Waals surface area contributed by atoms with Gasteiger partial charge in [0.05, 0.1) is 11.1 Å². The number of oxazole rings is 1. The summed E-state index contributed by atoms with van der Waals surface area (Å²) in [7, 11) is 0. The molecule has 0 saturated heterocycles. The predicted molar refractivity (Wildman–Crippen MR) is 126 cm³/mol. The summed E-state index contributed by atoms with van der Waals surface area (Å²) < 4.78 is 6.50. The predicted octanol–water partition coefficient (Wildman–Crippen LogP) is 6.65. The van der Waals surface area contributed by atoms with Gasteiger partial charge in [-0.2, -0.15) is 4.98 Å². The van der Waals surface area contributed by atoms with E-state index in [0.29, 0.717) is 0 Å². The quantitative estimate of drug-likeness (QED) is 0.341. The maximum absolute atomic E-state index is 6.50. The zero-order valence-corrected chi connectivity index (χ0v) is 17.3. The largest absolute Gasteiger partial charge is 0.399 e. The Hall–Kier alpha value is -4.11. The van der Waals surface area contributed by atoms with Crippen molar-refractivity contribution in [3.05, 3.63) is 109 Å². The molecule has 0 aliphatic rings. The summed E-state index contributed by atoms with van der Waals surface area (Å²) in [5.74, 6) is 1.54. The lowest BCUT2D eigenvalue weighted by Gasteiger charge is -2.09. The van der Waals surface area contributed by atoms with Gasteiger partial charge in [0.15, 0.2) is 0 Å². The van der Waals surface area contributed by atoms with Crippen LogP contribution < -0.4 is 10.7 Å². The average Bonchev–Trinajstić information content (AvgIpc) is 3.25. The fourth-order valence-corrected chi connectivity index (χ4v) is 4.01. The van der Waals surface area contributed by atoms with Crippen molar-refractivity contribution in [1.82, 2.24) is 0 Å². The standard InChI is InChI=1S/C28H22N2O/c1-19-10-8-17-24(25(19)22-15-9-16-23(29)18-22)28-30-26(20-11-4-2-5-12-20)27(31-28)21-13-6-3-7-14-21/h2-18H,29H2,1H3/p+1. The lowest BCUT2D eigenvalue weighted by molar-refractivity contribution is -0.356. The lowest BCUT2D eigenvalue weighted by atomic mass is 9.94. The van der Waals surface area contributed by atoms with Crippen molar-refractivity contribution in [2.24, 2.45) is 0 Å². The highest BCUT2D eigenvalue weighted by atomic mass is 16.4. The number of hydrogen-bond donors (Lipinski definition) is 1. The van der Waals surface area contributed by atoms with Crippen molar-refractivity contribution in [3.8, 4) is 45.2 Å². The van der Waals surface area contributed by atoms with Crippen LogP contribution >= 0.6 is 0 Å². The van der Waals surface area contributed by atoms with Crippen molar-refractivity contribution in [2.45, 2.75) is 6.92 Å². The molecule has 0 aliphatic heterocycles. The van der Waals surface area contributed by atoms with E-state index in [1.54, 1.807) is 0 Å². The van der Waals surface area contributed by atoms with Gasteiger partial charge in [-0.15, -0.1) is 0 Å². The maximum atomic E-state index is 6.50. The first-order valence-electron chi connectivity index (χ1n) is 10.3. The molecule has 3 N–H and O–H groups in total. The normalized spacial score (nSPS) is 10.9. The zero-order chi connectivity index (χ0) is 21.2. The molecule has 0 aliphatic carbocycles. The molecule has 4 aromatic carbocycles. The van der Waals surface area contributed by atoms with Gasteiger partial charge in [0.2, 0.25) is 5.76 Å². The molecule has 3 heteroatoms. The number of nitrogens with two attached hydrogens (primary N) is 1. The number of benzene rings is 4. The van der Waals surface area contributed by atoms with Crippen LogP contribution in [0.3, 0.4) is 0 Å². The van der Waals surface area contributed by atoms with E-state index in [4.69, 9.17) is 10.2 Å². The molecule has 0 fully saturated rings. The van der Waals surface area contributed by atoms with Gasteiger partial charge >= 0.3 is 5.89 Å². The Kier molecular flexibility index (Phi) is 4.85. The second kappa shape index (κ2) is 7.96. The topological polar surface area (TPSA) is 53.3 Å². The minimum absolute atomic E-state index is 0.721. The Morgan fingerprint density at radius 1 is 0.677 bits per heavy atom. The number of hydrogen-bond acceptors (Lipinski definition) is 2. The molecule has 5 aromatic rings. The molecule has 1 aromatic heterocycles. The second-order valence-electron chi connectivity index (χ2n) is 7.62. The summed E-state index contributed by atoms with van der Waals surface area (Å²) in [6.07, 6.45) is 0. The summed E-state index contributed by atoms with van der Waals surface area (Å²) in [6, 6.07) is 34.7. The maximum Gasteiger partial charge on any atom is 0.380 e. The van der Waals surface area contributed by atoms with Crippen LogP contribution in [0.15, 0.2) is 108 Å². The van der Waals surface area contributed by atoms with Gasteiger partial charge in [-0.25, -0.2) is 0 Å². The number of nitrogen functional groups attached to an aromatic ring is 1. The van der Waals surface area contributed by atoms with E-state index in [-0.39, 0.29) is 0 Å². The van der Waals surface area contributed by atoms with Crippen LogP contribution in [0.4, 0.5) is 5.69 Å². The fourth-order valence-electron chi connectivity index (χ4n) is 4.01. The third-order valence-electron chi connectivity index (χ3n) is 5.46. The highest BCUT2D eigenvalue weighted by Crippen LogP contribution is 2.38. The first-order valence-corrected chi connectivity index (χ1v) is 10.3. The van der Waals surface area contributed by atoms with Gasteiger partial charge in [0.25, 0.3) is 5.69 Å². The molecule has 0 saturated carbocycles. The van der Waals surface area contributed by atoms with Crippen LogP contribution in [0.2, 0.25) is 0 Å². The van der Waals surface area contributed by atoms with E-state index in [1.165, 1.54) is 0 Å². The van der Waals surface area contributed by atoms with Crippen LogP contribution in [-0.4, -0.2) is 0 Å². The summed E-state index contributed by atoms with van der Waals surface area (Å²) in [5.41, 5.74) is 14.2. The van der Waals surface area contributed by atoms with Crippen molar-refractivity contribution in [3.63, 3.8) is 0 Å². The number of nitrogens with one attached hydrogen (secondary N) is 1. The van der Waals surface area contributed by atoms with Crippen molar-refractivity contribution in [1.29, 1.82) is 0 Å². The molecule has 0 radical (unpaired) electrons. The monoisotopic (exact) mass is 403 g/mol. The number of anilines is 1. The molecular weight excluding hydrogens is 380 g/mol. The van der Waals surface area contributed by atoms with E-state index >= 15 is 0 Å². The molecule has 1 heterocycles. The number of rotatable bonds is 4. The number of aromatic nitrogens is 1. The Bertz CT molecular complexity index is 1280. The molecule has 0 unspecified atom stereocenters. The van der Waals surface area contributed by atoms with Crippen LogP contribution in [0.1, 0.15) is 5.56 Å². The molecule has 0 amide bonds.